The molecule has 5 nitrogen and oxygen atoms in total. The fraction of sp³-hybridized carbons (Fsp3) is 0.846. The Kier molecular flexibility index (Phi) is 6.54. The van der Waals surface area contributed by atoms with E-state index in [4.69, 9.17) is 0 Å². The lowest BCUT2D eigenvalue weighted by molar-refractivity contribution is -0.140. The lowest BCUT2D eigenvalue weighted by Crippen LogP contribution is -2.45. The number of carbonyl (C=O) groups is 2. The summed E-state index contributed by atoms with van der Waals surface area (Å²) in [5.41, 5.74) is 0. The Morgan fingerprint density at radius 3 is 2.83 bits per heavy atom. The Balaban J connectivity index is 2.08. The van der Waals surface area contributed by atoms with Crippen LogP contribution in [0.3, 0.4) is 0 Å². The third-order valence-corrected chi connectivity index (χ3v) is 3.26. The highest BCUT2D eigenvalue weighted by Gasteiger charge is 2.20. The minimum Gasteiger partial charge on any atom is -0.469 e. The summed E-state index contributed by atoms with van der Waals surface area (Å²) in [6.45, 7) is 4.52. The summed E-state index contributed by atoms with van der Waals surface area (Å²) in [5.74, 6) is 0.412. The number of ether oxygens (including phenoxy) is 1. The van der Waals surface area contributed by atoms with Gasteiger partial charge in [-0.2, -0.15) is 0 Å². The van der Waals surface area contributed by atoms with Gasteiger partial charge in [-0.3, -0.25) is 4.79 Å². The molecule has 104 valence electrons. The number of carbonyl (C=O) groups excluding carboxylic acids is 2. The highest BCUT2D eigenvalue weighted by Crippen LogP contribution is 2.15. The molecule has 0 aliphatic carbocycles. The van der Waals surface area contributed by atoms with E-state index in [1.165, 1.54) is 13.5 Å². The topological polar surface area (TPSA) is 58.6 Å². The van der Waals surface area contributed by atoms with Crippen LogP contribution in [0.25, 0.3) is 0 Å². The maximum absolute atomic E-state index is 11.8. The monoisotopic (exact) mass is 256 g/mol. The highest BCUT2D eigenvalue weighted by atomic mass is 16.5. The predicted octanol–water partition coefficient (Wildman–Crippen LogP) is 1.77. The molecule has 1 aliphatic heterocycles. The van der Waals surface area contributed by atoms with E-state index in [-0.39, 0.29) is 12.0 Å². The smallest absolute Gasteiger partial charge is 0.317 e. The van der Waals surface area contributed by atoms with Gasteiger partial charge in [0.05, 0.1) is 7.11 Å². The van der Waals surface area contributed by atoms with Crippen molar-refractivity contribution in [2.75, 3.05) is 26.7 Å². The quantitative estimate of drug-likeness (QED) is 0.602. The second kappa shape index (κ2) is 7.95. The average molecular weight is 256 g/mol. The molecule has 1 atom stereocenters. The maximum atomic E-state index is 11.8. The van der Waals surface area contributed by atoms with Crippen LogP contribution in [0.2, 0.25) is 0 Å². The number of amides is 2. The van der Waals surface area contributed by atoms with Gasteiger partial charge in [-0.05, 0) is 31.6 Å². The fourth-order valence-electron chi connectivity index (χ4n) is 2.18. The van der Waals surface area contributed by atoms with Gasteiger partial charge >= 0.3 is 12.0 Å². The number of unbranched alkanes of at least 4 members (excludes halogenated alkanes) is 1. The Hall–Kier alpha value is -1.26. The van der Waals surface area contributed by atoms with Gasteiger partial charge in [-0.15, -0.1) is 0 Å². The molecule has 5 heteroatoms. The van der Waals surface area contributed by atoms with E-state index < -0.39 is 0 Å². The number of hydrogen-bond donors (Lipinski definition) is 1. The summed E-state index contributed by atoms with van der Waals surface area (Å²) in [6, 6.07) is 0.0274. The number of hydrogen-bond acceptors (Lipinski definition) is 3. The van der Waals surface area contributed by atoms with Gasteiger partial charge in [0.1, 0.15) is 0 Å². The molecule has 0 aromatic rings. The lowest BCUT2D eigenvalue weighted by atomic mass is 10.0. The van der Waals surface area contributed by atoms with Gasteiger partial charge in [0, 0.05) is 26.1 Å². The Morgan fingerprint density at radius 1 is 1.39 bits per heavy atom. The predicted molar refractivity (Wildman–Crippen MR) is 69.2 cm³/mol. The van der Waals surface area contributed by atoms with Crippen molar-refractivity contribution < 1.29 is 14.3 Å². The number of piperidine rings is 1. The minimum absolute atomic E-state index is 0.0274. The molecule has 2 amide bonds. The third kappa shape index (κ3) is 5.38. The fourth-order valence-corrected chi connectivity index (χ4v) is 2.18. The maximum Gasteiger partial charge on any atom is 0.317 e. The molecule has 0 saturated carbocycles. The van der Waals surface area contributed by atoms with E-state index in [9.17, 15) is 9.59 Å². The molecule has 0 bridgehead atoms. The number of nitrogens with zero attached hydrogens (tertiary/aromatic N) is 1. The van der Waals surface area contributed by atoms with Crippen molar-refractivity contribution in [3.63, 3.8) is 0 Å². The normalized spacial score (nSPS) is 19.4. The zero-order chi connectivity index (χ0) is 13.4. The first-order valence-corrected chi connectivity index (χ1v) is 6.73. The van der Waals surface area contributed by atoms with E-state index in [1.54, 1.807) is 0 Å². The summed E-state index contributed by atoms with van der Waals surface area (Å²) in [4.78, 5) is 24.6. The number of methoxy groups -OCH3 is 1. The van der Waals surface area contributed by atoms with Crippen molar-refractivity contribution in [2.45, 2.75) is 39.0 Å². The molecule has 0 radical (unpaired) electrons. The molecule has 1 fully saturated rings. The first kappa shape index (κ1) is 14.8. The first-order chi connectivity index (χ1) is 8.63. The SMILES string of the molecule is COC(=O)CCCCNC(=O)N1CCCC(C)C1. The Morgan fingerprint density at radius 2 is 2.17 bits per heavy atom. The molecule has 1 rings (SSSR count). The average Bonchev–Trinajstić information content (AvgIpc) is 2.37. The van der Waals surface area contributed by atoms with Crippen molar-refractivity contribution >= 4 is 12.0 Å². The zero-order valence-corrected chi connectivity index (χ0v) is 11.4. The van der Waals surface area contributed by atoms with Gasteiger partial charge < -0.3 is 15.0 Å². The molecular weight excluding hydrogens is 232 g/mol. The summed E-state index contributed by atoms with van der Waals surface area (Å²) >= 11 is 0. The largest absolute Gasteiger partial charge is 0.469 e. The van der Waals surface area contributed by atoms with Crippen LogP contribution in [0.4, 0.5) is 4.79 Å². The van der Waals surface area contributed by atoms with Gasteiger partial charge in [0.2, 0.25) is 0 Å². The molecule has 1 unspecified atom stereocenters. The second-order valence-corrected chi connectivity index (χ2v) is 4.96. The molecule has 1 aliphatic rings. The van der Waals surface area contributed by atoms with Crippen molar-refractivity contribution in [3.05, 3.63) is 0 Å². The van der Waals surface area contributed by atoms with Gasteiger partial charge in [0.15, 0.2) is 0 Å². The van der Waals surface area contributed by atoms with Gasteiger partial charge in [-0.25, -0.2) is 4.79 Å². The van der Waals surface area contributed by atoms with Crippen molar-refractivity contribution in [2.24, 2.45) is 5.92 Å². The molecule has 0 aromatic heterocycles. The van der Waals surface area contributed by atoms with E-state index in [2.05, 4.69) is 17.0 Å². The van der Waals surface area contributed by atoms with Crippen molar-refractivity contribution in [1.82, 2.24) is 10.2 Å². The summed E-state index contributed by atoms with van der Waals surface area (Å²) in [7, 11) is 1.39. The minimum atomic E-state index is -0.189. The molecule has 1 heterocycles. The van der Waals surface area contributed by atoms with Crippen LogP contribution in [0.1, 0.15) is 39.0 Å². The highest BCUT2D eigenvalue weighted by molar-refractivity contribution is 5.74. The second-order valence-electron chi connectivity index (χ2n) is 4.96. The van der Waals surface area contributed by atoms with Crippen LogP contribution in [-0.2, 0) is 9.53 Å². The number of nitrogens with one attached hydrogen (secondary N) is 1. The molecule has 18 heavy (non-hydrogen) atoms. The van der Waals surface area contributed by atoms with Crippen LogP contribution >= 0.6 is 0 Å². The van der Waals surface area contributed by atoms with Gasteiger partial charge in [0.25, 0.3) is 0 Å². The third-order valence-electron chi connectivity index (χ3n) is 3.26. The molecule has 1 N–H and O–H groups in total. The number of esters is 1. The van der Waals surface area contributed by atoms with Crippen molar-refractivity contribution in [3.8, 4) is 0 Å². The van der Waals surface area contributed by atoms with Crippen molar-refractivity contribution in [1.29, 1.82) is 0 Å². The first-order valence-electron chi connectivity index (χ1n) is 6.73. The van der Waals surface area contributed by atoms with Crippen LogP contribution in [0.5, 0.6) is 0 Å². The van der Waals surface area contributed by atoms with E-state index >= 15 is 0 Å². The zero-order valence-electron chi connectivity index (χ0n) is 11.4. The summed E-state index contributed by atoms with van der Waals surface area (Å²) in [6.07, 6.45) is 4.29. The molecule has 0 spiro atoms. The van der Waals surface area contributed by atoms with Crippen LogP contribution in [0, 0.1) is 5.92 Å². The van der Waals surface area contributed by atoms with Crippen LogP contribution in [-0.4, -0.2) is 43.6 Å². The molecule has 0 aromatic carbocycles. The van der Waals surface area contributed by atoms with E-state index in [1.807, 2.05) is 4.90 Å². The standard InChI is InChI=1S/C13H24N2O3/c1-11-6-5-9-15(10-11)13(17)14-8-4-3-7-12(16)18-2/h11H,3-10H2,1-2H3,(H,14,17). The summed E-state index contributed by atoms with van der Waals surface area (Å²) < 4.78 is 4.55. The molecule has 1 saturated heterocycles. The van der Waals surface area contributed by atoms with E-state index in [0.29, 0.717) is 18.9 Å². The number of likely N-dealkylation sites (tertiary alicyclic amines) is 1. The summed E-state index contributed by atoms with van der Waals surface area (Å²) in [5, 5.41) is 2.90. The Labute approximate surface area is 109 Å². The molecular formula is C13H24N2O3. The number of rotatable bonds is 5. The lowest BCUT2D eigenvalue weighted by Gasteiger charge is -2.30. The van der Waals surface area contributed by atoms with Gasteiger partial charge in [-0.1, -0.05) is 6.92 Å². The van der Waals surface area contributed by atoms with E-state index in [0.717, 1.165) is 32.4 Å². The van der Waals surface area contributed by atoms with Crippen LogP contribution in [0.15, 0.2) is 0 Å². The Bertz CT molecular complexity index is 281. The number of urea groups is 1. The van der Waals surface area contributed by atoms with Crippen LogP contribution < -0.4 is 5.32 Å².